The van der Waals surface area contributed by atoms with Crippen molar-refractivity contribution in [1.29, 1.82) is 0 Å². The number of carbonyl (C=O) groups is 1. The number of hydrogen-bond donors (Lipinski definition) is 1. The van der Waals surface area contributed by atoms with Crippen molar-refractivity contribution in [1.82, 2.24) is 15.1 Å². The average Bonchev–Trinajstić information content (AvgIpc) is 2.98. The molecule has 1 heterocycles. The van der Waals surface area contributed by atoms with Crippen LogP contribution in [0.4, 0.5) is 0 Å². The predicted octanol–water partition coefficient (Wildman–Crippen LogP) is 3.25. The highest BCUT2D eigenvalue weighted by Crippen LogP contribution is 2.19. The normalized spacial score (nSPS) is 15.4. The van der Waals surface area contributed by atoms with Gasteiger partial charge in [-0.1, -0.05) is 19.3 Å². The van der Waals surface area contributed by atoms with Crippen LogP contribution >= 0.6 is 0 Å². The molecule has 1 aliphatic rings. The predicted molar refractivity (Wildman–Crippen MR) is 89.2 cm³/mol. The third-order valence-electron chi connectivity index (χ3n) is 4.38. The van der Waals surface area contributed by atoms with E-state index in [4.69, 9.17) is 4.74 Å². The van der Waals surface area contributed by atoms with E-state index in [1.54, 1.807) is 11.8 Å². The lowest BCUT2D eigenvalue weighted by Crippen LogP contribution is -2.36. The molecule has 1 N–H and O–H groups in total. The van der Waals surface area contributed by atoms with Crippen LogP contribution in [0.25, 0.3) is 5.69 Å². The molecule has 1 fully saturated rings. The molecule has 1 aliphatic carbocycles. The monoisotopic (exact) mass is 313 g/mol. The molecule has 122 valence electrons. The number of aromatic nitrogens is 2. The maximum absolute atomic E-state index is 12.4. The van der Waals surface area contributed by atoms with Crippen LogP contribution in [-0.4, -0.2) is 28.8 Å². The lowest BCUT2D eigenvalue weighted by Gasteiger charge is -2.22. The molecule has 1 aromatic heterocycles. The summed E-state index contributed by atoms with van der Waals surface area (Å²) in [6.45, 7) is 1.95. The van der Waals surface area contributed by atoms with Crippen LogP contribution in [0.2, 0.25) is 0 Å². The second-order valence-corrected chi connectivity index (χ2v) is 6.09. The minimum Gasteiger partial charge on any atom is -0.497 e. The van der Waals surface area contributed by atoms with Crippen molar-refractivity contribution in [2.75, 3.05) is 7.11 Å². The standard InChI is InChI=1S/C18H23N3O2/c1-13-12-17(18(22)19-14-6-4-3-5-7-14)20-21(13)15-8-10-16(23-2)11-9-15/h8-12,14H,3-7H2,1-2H3,(H,19,22). The van der Waals surface area contributed by atoms with Gasteiger partial charge in [-0.15, -0.1) is 0 Å². The number of aryl methyl sites for hydroxylation is 1. The van der Waals surface area contributed by atoms with Crippen molar-refractivity contribution in [2.24, 2.45) is 0 Å². The molecule has 1 saturated carbocycles. The second-order valence-electron chi connectivity index (χ2n) is 6.09. The molecule has 0 radical (unpaired) electrons. The topological polar surface area (TPSA) is 56.2 Å². The van der Waals surface area contributed by atoms with Crippen molar-refractivity contribution >= 4 is 5.91 Å². The summed E-state index contributed by atoms with van der Waals surface area (Å²) < 4.78 is 6.96. The smallest absolute Gasteiger partial charge is 0.272 e. The van der Waals surface area contributed by atoms with Crippen LogP contribution in [-0.2, 0) is 0 Å². The SMILES string of the molecule is COc1ccc(-n2nc(C(=O)NC3CCCCC3)cc2C)cc1. The summed E-state index contributed by atoms with van der Waals surface area (Å²) >= 11 is 0. The van der Waals surface area contributed by atoms with Gasteiger partial charge in [-0.25, -0.2) is 4.68 Å². The lowest BCUT2D eigenvalue weighted by atomic mass is 9.95. The number of nitrogens with zero attached hydrogens (tertiary/aromatic N) is 2. The third-order valence-corrected chi connectivity index (χ3v) is 4.38. The fourth-order valence-corrected chi connectivity index (χ4v) is 3.08. The Kier molecular flexibility index (Phi) is 4.65. The number of amides is 1. The molecule has 1 aromatic carbocycles. The summed E-state index contributed by atoms with van der Waals surface area (Å²) in [5.41, 5.74) is 2.33. The van der Waals surface area contributed by atoms with E-state index in [2.05, 4.69) is 10.4 Å². The summed E-state index contributed by atoms with van der Waals surface area (Å²) in [5, 5.41) is 7.58. The Labute approximate surface area is 136 Å². The molecule has 0 atom stereocenters. The number of hydrogen-bond acceptors (Lipinski definition) is 3. The van der Waals surface area contributed by atoms with Crippen LogP contribution in [0.3, 0.4) is 0 Å². The van der Waals surface area contributed by atoms with Gasteiger partial charge in [0.25, 0.3) is 5.91 Å². The molecule has 5 nitrogen and oxygen atoms in total. The van der Waals surface area contributed by atoms with Crippen molar-refractivity contribution in [3.05, 3.63) is 41.7 Å². The Balaban J connectivity index is 1.75. The zero-order chi connectivity index (χ0) is 16.2. The summed E-state index contributed by atoms with van der Waals surface area (Å²) in [6.07, 6.45) is 5.82. The molecule has 0 aliphatic heterocycles. The number of rotatable bonds is 4. The van der Waals surface area contributed by atoms with Gasteiger partial charge in [0.2, 0.25) is 0 Å². The zero-order valence-electron chi connectivity index (χ0n) is 13.7. The molecule has 1 amide bonds. The van der Waals surface area contributed by atoms with Crippen LogP contribution in [0.5, 0.6) is 5.75 Å². The number of nitrogens with one attached hydrogen (secondary N) is 1. The molecule has 0 unspecified atom stereocenters. The lowest BCUT2D eigenvalue weighted by molar-refractivity contribution is 0.0922. The highest BCUT2D eigenvalue weighted by atomic mass is 16.5. The number of methoxy groups -OCH3 is 1. The Bertz CT molecular complexity index is 670. The fourth-order valence-electron chi connectivity index (χ4n) is 3.08. The Morgan fingerprint density at radius 3 is 2.57 bits per heavy atom. The first-order chi connectivity index (χ1) is 11.2. The zero-order valence-corrected chi connectivity index (χ0v) is 13.7. The highest BCUT2D eigenvalue weighted by molar-refractivity contribution is 5.92. The quantitative estimate of drug-likeness (QED) is 0.942. The molecule has 0 spiro atoms. The fraction of sp³-hybridized carbons (Fsp3) is 0.444. The van der Waals surface area contributed by atoms with Gasteiger partial charge in [0.1, 0.15) is 5.75 Å². The maximum Gasteiger partial charge on any atom is 0.272 e. The van der Waals surface area contributed by atoms with E-state index in [9.17, 15) is 4.79 Å². The molecule has 5 heteroatoms. The molecule has 0 saturated heterocycles. The van der Waals surface area contributed by atoms with E-state index in [1.807, 2.05) is 37.3 Å². The minimum absolute atomic E-state index is 0.0766. The van der Waals surface area contributed by atoms with Crippen LogP contribution in [0.15, 0.2) is 30.3 Å². The van der Waals surface area contributed by atoms with E-state index in [-0.39, 0.29) is 5.91 Å². The van der Waals surface area contributed by atoms with Crippen molar-refractivity contribution in [3.8, 4) is 11.4 Å². The Morgan fingerprint density at radius 1 is 1.22 bits per heavy atom. The van der Waals surface area contributed by atoms with Gasteiger partial charge in [0, 0.05) is 11.7 Å². The van der Waals surface area contributed by atoms with Crippen molar-refractivity contribution in [2.45, 2.75) is 45.1 Å². The largest absolute Gasteiger partial charge is 0.497 e. The van der Waals surface area contributed by atoms with Crippen LogP contribution < -0.4 is 10.1 Å². The number of benzene rings is 1. The molecule has 2 aromatic rings. The first-order valence-electron chi connectivity index (χ1n) is 8.19. The third kappa shape index (κ3) is 3.55. The van der Waals surface area contributed by atoms with Gasteiger partial charge in [-0.3, -0.25) is 4.79 Å². The summed E-state index contributed by atoms with van der Waals surface area (Å²) in [5.74, 6) is 0.723. The number of carbonyl (C=O) groups excluding carboxylic acids is 1. The molecular weight excluding hydrogens is 290 g/mol. The second kappa shape index (κ2) is 6.86. The van der Waals surface area contributed by atoms with E-state index >= 15 is 0 Å². The molecule has 0 bridgehead atoms. The van der Waals surface area contributed by atoms with Gasteiger partial charge in [0.05, 0.1) is 12.8 Å². The van der Waals surface area contributed by atoms with E-state index in [0.29, 0.717) is 11.7 Å². The summed E-state index contributed by atoms with van der Waals surface area (Å²) in [4.78, 5) is 12.4. The van der Waals surface area contributed by atoms with Gasteiger partial charge in [-0.2, -0.15) is 5.10 Å². The summed E-state index contributed by atoms with van der Waals surface area (Å²) in [6, 6.07) is 9.77. The van der Waals surface area contributed by atoms with Gasteiger partial charge in [-0.05, 0) is 50.1 Å². The van der Waals surface area contributed by atoms with Gasteiger partial charge >= 0.3 is 0 Å². The first kappa shape index (κ1) is 15.6. The summed E-state index contributed by atoms with van der Waals surface area (Å²) in [7, 11) is 1.64. The first-order valence-corrected chi connectivity index (χ1v) is 8.19. The Morgan fingerprint density at radius 2 is 1.91 bits per heavy atom. The van der Waals surface area contributed by atoms with Crippen molar-refractivity contribution in [3.63, 3.8) is 0 Å². The van der Waals surface area contributed by atoms with E-state index in [1.165, 1.54) is 19.3 Å². The Hall–Kier alpha value is -2.30. The highest BCUT2D eigenvalue weighted by Gasteiger charge is 2.19. The van der Waals surface area contributed by atoms with Gasteiger partial charge < -0.3 is 10.1 Å². The van der Waals surface area contributed by atoms with Crippen LogP contribution in [0.1, 0.15) is 48.3 Å². The average molecular weight is 313 g/mol. The van der Waals surface area contributed by atoms with E-state index in [0.717, 1.165) is 30.0 Å². The van der Waals surface area contributed by atoms with Gasteiger partial charge in [0.15, 0.2) is 5.69 Å². The molecular formula is C18H23N3O2. The van der Waals surface area contributed by atoms with Crippen molar-refractivity contribution < 1.29 is 9.53 Å². The minimum atomic E-state index is -0.0766. The van der Waals surface area contributed by atoms with Crippen LogP contribution in [0, 0.1) is 6.92 Å². The molecule has 23 heavy (non-hydrogen) atoms. The number of ether oxygens (including phenoxy) is 1. The maximum atomic E-state index is 12.4. The van der Waals surface area contributed by atoms with E-state index < -0.39 is 0 Å². The molecule has 3 rings (SSSR count).